The van der Waals surface area contributed by atoms with Gasteiger partial charge in [-0.3, -0.25) is 0 Å². The lowest BCUT2D eigenvalue weighted by atomic mass is 9.88. The minimum Gasteiger partial charge on any atom is -0.242 e. The number of hydrogen-bond donors (Lipinski definition) is 0. The van der Waals surface area contributed by atoms with Gasteiger partial charge in [-0.05, 0) is 76.9 Å². The van der Waals surface area contributed by atoms with Gasteiger partial charge in [0, 0.05) is 11.4 Å². The van der Waals surface area contributed by atoms with Crippen LogP contribution in [0.5, 0.6) is 0 Å². The lowest BCUT2D eigenvalue weighted by molar-refractivity contribution is 0.498. The summed E-state index contributed by atoms with van der Waals surface area (Å²) in [6.07, 6.45) is 13.9. The molecule has 0 aromatic carbocycles. The zero-order valence-corrected chi connectivity index (χ0v) is 17.2. The maximum Gasteiger partial charge on any atom is 0.0526 e. The van der Waals surface area contributed by atoms with Gasteiger partial charge < -0.3 is 0 Å². The molecule has 0 spiro atoms. The van der Waals surface area contributed by atoms with E-state index in [1.165, 1.54) is 67.3 Å². The number of aromatic nitrogens is 2. The lowest BCUT2D eigenvalue weighted by Gasteiger charge is -2.18. The van der Waals surface area contributed by atoms with Crippen molar-refractivity contribution in [1.29, 1.82) is 0 Å². The third-order valence-corrected chi connectivity index (χ3v) is 5.11. The number of nitrogens with zero attached hydrogens (tertiary/aromatic N) is 2. The summed E-state index contributed by atoms with van der Waals surface area (Å²) < 4.78 is 2.02. The van der Waals surface area contributed by atoms with E-state index in [9.17, 15) is 0 Å². The van der Waals surface area contributed by atoms with Gasteiger partial charge >= 0.3 is 0 Å². The maximum atomic E-state index is 4.48. The number of hydrogen-bond acceptors (Lipinski definition) is 1. The molecule has 0 aliphatic heterocycles. The minimum atomic E-state index is 0.566. The molecule has 0 saturated heterocycles. The van der Waals surface area contributed by atoms with Gasteiger partial charge in [-0.15, -0.1) is 0 Å². The fourth-order valence-electron chi connectivity index (χ4n) is 3.31. The topological polar surface area (TPSA) is 17.8 Å². The largest absolute Gasteiger partial charge is 0.242 e. The second-order valence-electron chi connectivity index (χ2n) is 7.42. The fraction of sp³-hybridized carbons (Fsp3) is 0.609. The summed E-state index contributed by atoms with van der Waals surface area (Å²) in [7, 11) is 0. The van der Waals surface area contributed by atoms with Crippen molar-refractivity contribution >= 4 is 5.70 Å². The highest BCUT2D eigenvalue weighted by molar-refractivity contribution is 5.49. The van der Waals surface area contributed by atoms with Crippen LogP contribution < -0.4 is 0 Å². The van der Waals surface area contributed by atoms with Crippen molar-refractivity contribution < 1.29 is 0 Å². The molecule has 1 aromatic rings. The van der Waals surface area contributed by atoms with Gasteiger partial charge in [0.2, 0.25) is 0 Å². The van der Waals surface area contributed by atoms with Gasteiger partial charge in [0.1, 0.15) is 0 Å². The smallest absolute Gasteiger partial charge is 0.0526 e. The fourth-order valence-corrected chi connectivity index (χ4v) is 3.31. The van der Waals surface area contributed by atoms with E-state index in [1.807, 2.05) is 10.9 Å². The summed E-state index contributed by atoms with van der Waals surface area (Å²) in [4.78, 5) is 0. The minimum absolute atomic E-state index is 0.566. The Labute approximate surface area is 155 Å². The molecule has 2 heteroatoms. The molecule has 0 aliphatic carbocycles. The highest BCUT2D eigenvalue weighted by Crippen LogP contribution is 2.26. The second kappa shape index (κ2) is 11.1. The van der Waals surface area contributed by atoms with Crippen molar-refractivity contribution in [2.75, 3.05) is 0 Å². The van der Waals surface area contributed by atoms with Crippen molar-refractivity contribution in [2.45, 2.75) is 86.0 Å². The van der Waals surface area contributed by atoms with E-state index in [1.54, 1.807) is 0 Å². The molecule has 0 bridgehead atoms. The zero-order valence-electron chi connectivity index (χ0n) is 17.2. The quantitative estimate of drug-likeness (QED) is 0.289. The number of unbranched alkanes of at least 4 members (excludes halogenated alkanes) is 1. The maximum absolute atomic E-state index is 4.48. The molecule has 0 N–H and O–H groups in total. The van der Waals surface area contributed by atoms with Crippen LogP contribution in [0.25, 0.3) is 5.70 Å². The molecule has 1 rings (SSSR count). The van der Waals surface area contributed by atoms with Gasteiger partial charge in [0.15, 0.2) is 0 Å². The van der Waals surface area contributed by atoms with E-state index in [4.69, 9.17) is 0 Å². The Balaban J connectivity index is 2.65. The zero-order chi connectivity index (χ0) is 18.8. The van der Waals surface area contributed by atoms with Crippen molar-refractivity contribution in [1.82, 2.24) is 9.78 Å². The molecule has 1 unspecified atom stereocenters. The predicted octanol–water partition coefficient (Wildman–Crippen LogP) is 7.25. The summed E-state index contributed by atoms with van der Waals surface area (Å²) >= 11 is 0. The summed E-state index contributed by atoms with van der Waals surface area (Å²) in [6, 6.07) is 0. The Kier molecular flexibility index (Phi) is 9.55. The normalized spacial score (nSPS) is 13.1. The van der Waals surface area contributed by atoms with Crippen LogP contribution in [0.2, 0.25) is 0 Å². The van der Waals surface area contributed by atoms with Crippen LogP contribution in [0.1, 0.15) is 83.4 Å². The SMILES string of the molecule is C=C(CCCC)CCCC(CCC)C(=C)/C=C(/C)n1ncc(C)c1C. The number of allylic oxidation sites excluding steroid dienone is 4. The third kappa shape index (κ3) is 7.05. The number of rotatable bonds is 12. The molecule has 0 fully saturated rings. The summed E-state index contributed by atoms with van der Waals surface area (Å²) in [6.45, 7) is 19.5. The van der Waals surface area contributed by atoms with Crippen LogP contribution in [0.4, 0.5) is 0 Å². The second-order valence-corrected chi connectivity index (χ2v) is 7.42. The predicted molar refractivity (Wildman–Crippen MR) is 112 cm³/mol. The summed E-state index contributed by atoms with van der Waals surface area (Å²) in [5, 5.41) is 4.48. The van der Waals surface area contributed by atoms with Gasteiger partial charge in [-0.1, -0.05) is 51.0 Å². The first-order valence-corrected chi connectivity index (χ1v) is 9.96. The number of aryl methyl sites for hydroxylation is 1. The molecule has 2 nitrogen and oxygen atoms in total. The standard InChI is InChI=1S/C23H38N2/c1-8-10-13-18(3)14-11-15-23(12-9-2)19(4)16-21(6)25-22(7)20(5)17-24-25/h16-17,23H,3-4,8-15H2,1-2,5-7H3/b21-16-. The summed E-state index contributed by atoms with van der Waals surface area (Å²) in [5.41, 5.74) is 6.25. The molecule has 1 heterocycles. The Morgan fingerprint density at radius 2 is 1.80 bits per heavy atom. The average Bonchev–Trinajstić information content (AvgIpc) is 2.91. The van der Waals surface area contributed by atoms with Crippen LogP contribution >= 0.6 is 0 Å². The van der Waals surface area contributed by atoms with Crippen LogP contribution in [0, 0.1) is 19.8 Å². The van der Waals surface area contributed by atoms with Crippen molar-refractivity contribution in [3.8, 4) is 0 Å². The van der Waals surface area contributed by atoms with Gasteiger partial charge in [0.05, 0.1) is 6.20 Å². The Bertz CT molecular complexity index is 589. The first-order valence-electron chi connectivity index (χ1n) is 9.96. The molecule has 0 radical (unpaired) electrons. The van der Waals surface area contributed by atoms with Crippen LogP contribution in [0.15, 0.2) is 36.6 Å². The van der Waals surface area contributed by atoms with Crippen molar-refractivity contribution in [3.05, 3.63) is 47.8 Å². The first-order chi connectivity index (χ1) is 11.9. The monoisotopic (exact) mass is 342 g/mol. The molecule has 0 amide bonds. The van der Waals surface area contributed by atoms with Gasteiger partial charge in [0.25, 0.3) is 0 Å². The molecule has 25 heavy (non-hydrogen) atoms. The van der Waals surface area contributed by atoms with E-state index in [0.29, 0.717) is 5.92 Å². The molecular weight excluding hydrogens is 304 g/mol. The lowest BCUT2D eigenvalue weighted by Crippen LogP contribution is -2.05. The van der Waals surface area contributed by atoms with Crippen molar-refractivity contribution in [3.63, 3.8) is 0 Å². The molecule has 0 aliphatic rings. The average molecular weight is 343 g/mol. The molecule has 1 atom stereocenters. The molecule has 1 aromatic heterocycles. The van der Waals surface area contributed by atoms with E-state index in [0.717, 1.165) is 12.1 Å². The van der Waals surface area contributed by atoms with Crippen molar-refractivity contribution in [2.24, 2.45) is 5.92 Å². The van der Waals surface area contributed by atoms with E-state index < -0.39 is 0 Å². The van der Waals surface area contributed by atoms with Gasteiger partial charge in [-0.2, -0.15) is 5.10 Å². The highest BCUT2D eigenvalue weighted by Gasteiger charge is 2.12. The van der Waals surface area contributed by atoms with E-state index in [-0.39, 0.29) is 0 Å². The molecule has 140 valence electrons. The highest BCUT2D eigenvalue weighted by atomic mass is 15.3. The van der Waals surface area contributed by atoms with Crippen LogP contribution in [-0.4, -0.2) is 9.78 Å². The third-order valence-electron chi connectivity index (χ3n) is 5.11. The molecule has 0 saturated carbocycles. The van der Waals surface area contributed by atoms with Crippen LogP contribution in [0.3, 0.4) is 0 Å². The Morgan fingerprint density at radius 3 is 2.36 bits per heavy atom. The van der Waals surface area contributed by atoms with Crippen LogP contribution in [-0.2, 0) is 0 Å². The van der Waals surface area contributed by atoms with E-state index in [2.05, 4.69) is 59.0 Å². The Hall–Kier alpha value is -1.57. The first kappa shape index (κ1) is 21.5. The molecular formula is C23H38N2. The Morgan fingerprint density at radius 1 is 1.12 bits per heavy atom. The van der Waals surface area contributed by atoms with E-state index >= 15 is 0 Å². The van der Waals surface area contributed by atoms with Gasteiger partial charge in [-0.25, -0.2) is 4.68 Å². The summed E-state index contributed by atoms with van der Waals surface area (Å²) in [5.74, 6) is 0.566.